The van der Waals surface area contributed by atoms with E-state index in [1.807, 2.05) is 41.9 Å². The Morgan fingerprint density at radius 3 is 2.59 bits per heavy atom. The molecule has 0 radical (unpaired) electrons. The number of nitrogens with zero attached hydrogens (tertiary/aromatic N) is 4. The second-order valence-corrected chi connectivity index (χ2v) is 10.2. The molecule has 2 fully saturated rings. The van der Waals surface area contributed by atoms with Crippen LogP contribution in [-0.2, 0) is 16.0 Å². The van der Waals surface area contributed by atoms with E-state index in [-0.39, 0.29) is 24.1 Å². The Bertz CT molecular complexity index is 1030. The van der Waals surface area contributed by atoms with Gasteiger partial charge < -0.3 is 14.7 Å². The van der Waals surface area contributed by atoms with E-state index in [1.54, 1.807) is 12.1 Å². The van der Waals surface area contributed by atoms with Gasteiger partial charge in [0.2, 0.25) is 11.8 Å². The molecule has 0 unspecified atom stereocenters. The molecule has 0 spiro atoms. The van der Waals surface area contributed by atoms with Gasteiger partial charge in [-0.05, 0) is 61.1 Å². The highest BCUT2D eigenvalue weighted by atomic mass is 19.1. The summed E-state index contributed by atoms with van der Waals surface area (Å²) >= 11 is 0. The lowest BCUT2D eigenvalue weighted by Gasteiger charge is -2.43. The molecule has 7 heteroatoms. The fourth-order valence-corrected chi connectivity index (χ4v) is 5.14. The van der Waals surface area contributed by atoms with Crippen LogP contribution in [0.4, 0.5) is 10.2 Å². The van der Waals surface area contributed by atoms with Crippen LogP contribution in [-0.4, -0.2) is 66.9 Å². The number of aromatic nitrogens is 1. The number of rotatable bonds is 5. The number of pyridine rings is 1. The molecular weight excluding hydrogens is 431 g/mol. The number of halogens is 1. The first-order chi connectivity index (χ1) is 16.2. The smallest absolute Gasteiger partial charge is 0.228 e. The molecule has 0 N–H and O–H groups in total. The van der Waals surface area contributed by atoms with Crippen LogP contribution < -0.4 is 4.90 Å². The van der Waals surface area contributed by atoms with Gasteiger partial charge in [0.15, 0.2) is 0 Å². The average Bonchev–Trinajstić information content (AvgIpc) is 2.84. The first-order valence-corrected chi connectivity index (χ1v) is 12.2. The van der Waals surface area contributed by atoms with Crippen LogP contribution in [0.5, 0.6) is 0 Å². The molecule has 1 atom stereocenters. The Morgan fingerprint density at radius 1 is 1.12 bits per heavy atom. The Hall–Kier alpha value is -2.96. The highest BCUT2D eigenvalue weighted by Crippen LogP contribution is 2.36. The van der Waals surface area contributed by atoms with Crippen LogP contribution in [0.3, 0.4) is 0 Å². The van der Waals surface area contributed by atoms with E-state index in [2.05, 4.69) is 17.1 Å². The molecule has 2 aromatic rings. The largest absolute Gasteiger partial charge is 0.363 e. The predicted octanol–water partition coefficient (Wildman–Crippen LogP) is 3.86. The summed E-state index contributed by atoms with van der Waals surface area (Å²) in [6.07, 6.45) is 5.41. The maximum atomic E-state index is 13.6. The molecule has 0 aliphatic carbocycles. The summed E-state index contributed by atoms with van der Waals surface area (Å²) in [7, 11) is 3.97. The standard InChI is InChI=1S/C27H35FN4O2/c1-27(10-14-31(15-11-27)25(33)17-20-6-4-8-23(28)16-20)26(34)32-13-5-7-22(19-32)21-9-12-29-24(18-21)30(2)3/h4,6,8-9,12,16,18,22H,5,7,10-11,13-15,17,19H2,1-3H3/t22-/m0/s1. The van der Waals surface area contributed by atoms with Gasteiger partial charge in [0, 0.05) is 57.8 Å². The van der Waals surface area contributed by atoms with Crippen LogP contribution in [0.25, 0.3) is 0 Å². The van der Waals surface area contributed by atoms with E-state index in [0.29, 0.717) is 37.4 Å². The number of benzene rings is 1. The average molecular weight is 467 g/mol. The molecule has 3 heterocycles. The summed E-state index contributed by atoms with van der Waals surface area (Å²) in [6.45, 7) is 4.69. The number of likely N-dealkylation sites (tertiary alicyclic amines) is 2. The predicted molar refractivity (Wildman–Crippen MR) is 131 cm³/mol. The summed E-state index contributed by atoms with van der Waals surface area (Å²) in [4.78, 5) is 36.6. The quantitative estimate of drug-likeness (QED) is 0.672. The minimum absolute atomic E-state index is 0.00693. The molecule has 6 nitrogen and oxygen atoms in total. The molecular formula is C27H35FN4O2. The summed E-state index contributed by atoms with van der Waals surface area (Å²) in [5, 5.41) is 0. The van der Waals surface area contributed by atoms with Crippen molar-refractivity contribution >= 4 is 17.6 Å². The fourth-order valence-electron chi connectivity index (χ4n) is 5.14. The molecule has 4 rings (SSSR count). The maximum Gasteiger partial charge on any atom is 0.228 e. The van der Waals surface area contributed by atoms with Gasteiger partial charge in [-0.3, -0.25) is 9.59 Å². The number of carbonyl (C=O) groups is 2. The van der Waals surface area contributed by atoms with Gasteiger partial charge in [0.25, 0.3) is 0 Å². The molecule has 0 bridgehead atoms. The molecule has 34 heavy (non-hydrogen) atoms. The number of hydrogen-bond acceptors (Lipinski definition) is 4. The zero-order valence-electron chi connectivity index (χ0n) is 20.5. The normalized spacial score (nSPS) is 20.2. The van der Waals surface area contributed by atoms with Crippen LogP contribution in [0.2, 0.25) is 0 Å². The van der Waals surface area contributed by atoms with Crippen molar-refractivity contribution in [1.82, 2.24) is 14.8 Å². The van der Waals surface area contributed by atoms with E-state index in [9.17, 15) is 14.0 Å². The van der Waals surface area contributed by atoms with Gasteiger partial charge in [-0.2, -0.15) is 0 Å². The van der Waals surface area contributed by atoms with Crippen molar-refractivity contribution in [3.05, 3.63) is 59.5 Å². The number of piperidine rings is 2. The molecule has 2 aliphatic heterocycles. The molecule has 0 saturated carbocycles. The molecule has 2 amide bonds. The number of amides is 2. The third-order valence-corrected chi connectivity index (χ3v) is 7.39. The van der Waals surface area contributed by atoms with Crippen molar-refractivity contribution in [2.24, 2.45) is 5.41 Å². The Kier molecular flexibility index (Phi) is 7.19. The van der Waals surface area contributed by atoms with Crippen molar-refractivity contribution < 1.29 is 14.0 Å². The third kappa shape index (κ3) is 5.40. The van der Waals surface area contributed by atoms with Crippen LogP contribution in [0.15, 0.2) is 42.6 Å². The minimum atomic E-state index is -0.454. The third-order valence-electron chi connectivity index (χ3n) is 7.39. The van der Waals surface area contributed by atoms with E-state index in [4.69, 9.17) is 0 Å². The Balaban J connectivity index is 1.35. The van der Waals surface area contributed by atoms with Gasteiger partial charge >= 0.3 is 0 Å². The van der Waals surface area contributed by atoms with E-state index in [1.165, 1.54) is 17.7 Å². The monoisotopic (exact) mass is 466 g/mol. The first kappa shape index (κ1) is 24.2. The zero-order valence-corrected chi connectivity index (χ0v) is 20.5. The maximum absolute atomic E-state index is 13.6. The van der Waals surface area contributed by atoms with Gasteiger partial charge in [0.05, 0.1) is 6.42 Å². The first-order valence-electron chi connectivity index (χ1n) is 12.2. The van der Waals surface area contributed by atoms with Crippen molar-refractivity contribution in [3.63, 3.8) is 0 Å². The van der Waals surface area contributed by atoms with Crippen molar-refractivity contribution in [1.29, 1.82) is 0 Å². The van der Waals surface area contributed by atoms with Crippen LogP contribution >= 0.6 is 0 Å². The van der Waals surface area contributed by atoms with E-state index < -0.39 is 5.41 Å². The number of carbonyl (C=O) groups excluding carboxylic acids is 2. The SMILES string of the molecule is CN(C)c1cc([C@H]2CCCN(C(=O)C3(C)CCN(C(=O)Cc4cccc(F)c4)CC3)C2)ccn1. The second-order valence-electron chi connectivity index (χ2n) is 10.2. The lowest BCUT2D eigenvalue weighted by Crippen LogP contribution is -2.52. The fraction of sp³-hybridized carbons (Fsp3) is 0.519. The van der Waals surface area contributed by atoms with Gasteiger partial charge in [-0.25, -0.2) is 9.37 Å². The lowest BCUT2D eigenvalue weighted by molar-refractivity contribution is -0.148. The van der Waals surface area contributed by atoms with Gasteiger partial charge in [-0.15, -0.1) is 0 Å². The molecule has 1 aromatic heterocycles. The van der Waals surface area contributed by atoms with Gasteiger partial charge in [-0.1, -0.05) is 19.1 Å². The molecule has 2 aliphatic rings. The number of hydrogen-bond donors (Lipinski definition) is 0. The van der Waals surface area contributed by atoms with E-state index >= 15 is 0 Å². The highest BCUT2D eigenvalue weighted by Gasteiger charge is 2.41. The summed E-state index contributed by atoms with van der Waals surface area (Å²) in [6, 6.07) is 10.4. The summed E-state index contributed by atoms with van der Waals surface area (Å²) in [5.41, 5.74) is 1.46. The number of anilines is 1. The van der Waals surface area contributed by atoms with Gasteiger partial charge in [0.1, 0.15) is 11.6 Å². The Labute approximate surface area is 201 Å². The molecule has 1 aromatic carbocycles. The molecule has 182 valence electrons. The van der Waals surface area contributed by atoms with Crippen molar-refractivity contribution in [3.8, 4) is 0 Å². The lowest BCUT2D eigenvalue weighted by atomic mass is 9.78. The molecule has 2 saturated heterocycles. The zero-order chi connectivity index (χ0) is 24.3. The summed E-state index contributed by atoms with van der Waals surface area (Å²) in [5.74, 6) is 1.12. The second kappa shape index (κ2) is 10.1. The van der Waals surface area contributed by atoms with Crippen molar-refractivity contribution in [2.75, 3.05) is 45.2 Å². The topological polar surface area (TPSA) is 56.8 Å². The summed E-state index contributed by atoms with van der Waals surface area (Å²) < 4.78 is 13.4. The Morgan fingerprint density at radius 2 is 1.88 bits per heavy atom. The minimum Gasteiger partial charge on any atom is -0.363 e. The van der Waals surface area contributed by atoms with Crippen LogP contribution in [0, 0.1) is 11.2 Å². The van der Waals surface area contributed by atoms with Crippen molar-refractivity contribution in [2.45, 2.75) is 44.9 Å². The van der Waals surface area contributed by atoms with E-state index in [0.717, 1.165) is 31.7 Å². The van der Waals surface area contributed by atoms with Crippen LogP contribution in [0.1, 0.15) is 49.7 Å². The highest BCUT2D eigenvalue weighted by molar-refractivity contribution is 5.84.